The Hall–Kier alpha value is -2.66. The molecule has 2 aromatic carbocycles. The number of aromatic nitrogens is 2. The molecule has 4 nitrogen and oxygen atoms in total. The molecular weight excluding hydrogens is 365 g/mol. The van der Waals surface area contributed by atoms with Crippen molar-refractivity contribution in [2.24, 2.45) is 0 Å². The van der Waals surface area contributed by atoms with Crippen molar-refractivity contribution < 1.29 is 9.18 Å². The second kappa shape index (κ2) is 7.53. The molecule has 1 aromatic heterocycles. The summed E-state index contributed by atoms with van der Waals surface area (Å²) in [5.41, 5.74) is 1.51. The second-order valence-corrected chi connectivity index (χ2v) is 7.15. The van der Waals surface area contributed by atoms with E-state index >= 15 is 0 Å². The zero-order chi connectivity index (χ0) is 18.8. The van der Waals surface area contributed by atoms with E-state index in [1.807, 2.05) is 12.1 Å². The number of anilines is 1. The molecule has 4 rings (SSSR count). The van der Waals surface area contributed by atoms with Gasteiger partial charge in [-0.15, -0.1) is 0 Å². The van der Waals surface area contributed by atoms with Crippen LogP contribution in [-0.2, 0) is 0 Å². The monoisotopic (exact) mass is 383 g/mol. The van der Waals surface area contributed by atoms with Crippen molar-refractivity contribution >= 4 is 23.2 Å². The summed E-state index contributed by atoms with van der Waals surface area (Å²) >= 11 is 6.04. The van der Waals surface area contributed by atoms with E-state index in [9.17, 15) is 9.18 Å². The quantitative estimate of drug-likeness (QED) is 0.616. The summed E-state index contributed by atoms with van der Waals surface area (Å²) in [6.45, 7) is 0. The van der Waals surface area contributed by atoms with Crippen LogP contribution in [0.3, 0.4) is 0 Å². The first-order chi connectivity index (χ1) is 13.1. The van der Waals surface area contributed by atoms with Gasteiger partial charge in [0, 0.05) is 17.3 Å². The van der Waals surface area contributed by atoms with E-state index in [2.05, 4.69) is 5.10 Å². The standard InChI is InChI=1S/C21H19ClFN3O/c22-16-6-5-9-18(12-16)25-14-15(13-24-25)21(27)26(17-7-1-2-8-17)20-11-4-3-10-19(20)23/h3-6,9-14,17H,1-2,7-8H2. The predicted molar refractivity (Wildman–Crippen MR) is 104 cm³/mol. The van der Waals surface area contributed by atoms with Crippen LogP contribution in [-0.4, -0.2) is 21.7 Å². The Morgan fingerprint density at radius 1 is 1.15 bits per heavy atom. The van der Waals surface area contributed by atoms with E-state index in [4.69, 9.17) is 11.6 Å². The van der Waals surface area contributed by atoms with Gasteiger partial charge < -0.3 is 4.90 Å². The summed E-state index contributed by atoms with van der Waals surface area (Å²) in [5, 5.41) is 4.88. The lowest BCUT2D eigenvalue weighted by Crippen LogP contribution is -2.39. The average Bonchev–Trinajstić information content (AvgIpc) is 3.35. The fourth-order valence-electron chi connectivity index (χ4n) is 3.61. The van der Waals surface area contributed by atoms with Gasteiger partial charge in [0.05, 0.1) is 23.1 Å². The molecule has 1 saturated carbocycles. The maximum atomic E-state index is 14.5. The maximum absolute atomic E-state index is 14.5. The van der Waals surface area contributed by atoms with Crippen molar-refractivity contribution in [2.45, 2.75) is 31.7 Å². The average molecular weight is 384 g/mol. The smallest absolute Gasteiger partial charge is 0.261 e. The Bertz CT molecular complexity index is 965. The number of amides is 1. The molecule has 6 heteroatoms. The van der Waals surface area contributed by atoms with Gasteiger partial charge in [-0.3, -0.25) is 4.79 Å². The summed E-state index contributed by atoms with van der Waals surface area (Å²) in [7, 11) is 0. The first-order valence-corrected chi connectivity index (χ1v) is 9.40. The molecule has 1 heterocycles. The highest BCUT2D eigenvalue weighted by atomic mass is 35.5. The number of nitrogens with zero attached hydrogens (tertiary/aromatic N) is 3. The molecule has 1 aliphatic rings. The predicted octanol–water partition coefficient (Wildman–Crippen LogP) is 5.25. The maximum Gasteiger partial charge on any atom is 0.261 e. The summed E-state index contributed by atoms with van der Waals surface area (Å²) in [4.78, 5) is 14.9. The lowest BCUT2D eigenvalue weighted by Gasteiger charge is -2.29. The number of rotatable bonds is 4. The number of carbonyl (C=O) groups excluding carboxylic acids is 1. The minimum absolute atomic E-state index is 0.00363. The molecule has 0 saturated heterocycles. The van der Waals surface area contributed by atoms with E-state index in [1.54, 1.807) is 46.1 Å². The number of hydrogen-bond acceptors (Lipinski definition) is 2. The third-order valence-electron chi connectivity index (χ3n) is 4.92. The van der Waals surface area contributed by atoms with Gasteiger partial charge in [-0.1, -0.05) is 42.6 Å². The molecule has 1 fully saturated rings. The summed E-state index contributed by atoms with van der Waals surface area (Å²) in [5.74, 6) is -0.625. The van der Waals surface area contributed by atoms with Crippen molar-refractivity contribution in [3.8, 4) is 5.69 Å². The fourth-order valence-corrected chi connectivity index (χ4v) is 3.80. The van der Waals surface area contributed by atoms with Crippen LogP contribution < -0.4 is 4.90 Å². The lowest BCUT2D eigenvalue weighted by atomic mass is 10.1. The Morgan fingerprint density at radius 2 is 1.93 bits per heavy atom. The van der Waals surface area contributed by atoms with E-state index in [-0.39, 0.29) is 17.8 Å². The zero-order valence-electron chi connectivity index (χ0n) is 14.7. The van der Waals surface area contributed by atoms with Crippen LogP contribution in [0, 0.1) is 5.82 Å². The van der Waals surface area contributed by atoms with Crippen LogP contribution in [0.15, 0.2) is 60.9 Å². The van der Waals surface area contributed by atoms with Gasteiger partial charge >= 0.3 is 0 Å². The molecule has 0 spiro atoms. The van der Waals surface area contributed by atoms with Gasteiger partial charge in [0.2, 0.25) is 0 Å². The lowest BCUT2D eigenvalue weighted by molar-refractivity contribution is 0.0976. The fraction of sp³-hybridized carbons (Fsp3) is 0.238. The molecule has 0 aliphatic heterocycles. The molecule has 0 atom stereocenters. The van der Waals surface area contributed by atoms with E-state index in [1.165, 1.54) is 12.3 Å². The van der Waals surface area contributed by atoms with Crippen molar-refractivity contribution in [3.05, 3.63) is 77.3 Å². The summed E-state index contributed by atoms with van der Waals surface area (Å²) < 4.78 is 16.1. The van der Waals surface area contributed by atoms with Crippen molar-refractivity contribution in [1.82, 2.24) is 9.78 Å². The van der Waals surface area contributed by atoms with Crippen molar-refractivity contribution in [2.75, 3.05) is 4.90 Å². The molecule has 0 unspecified atom stereocenters. The first kappa shape index (κ1) is 17.7. The Labute approximate surface area is 162 Å². The highest BCUT2D eigenvalue weighted by Gasteiger charge is 2.31. The topological polar surface area (TPSA) is 38.1 Å². The van der Waals surface area contributed by atoms with Crippen LogP contribution in [0.5, 0.6) is 0 Å². The molecular formula is C21H19ClFN3O. The number of carbonyl (C=O) groups is 1. The number of halogens is 2. The number of para-hydroxylation sites is 1. The molecule has 1 amide bonds. The zero-order valence-corrected chi connectivity index (χ0v) is 15.4. The highest BCUT2D eigenvalue weighted by Crippen LogP contribution is 2.31. The van der Waals surface area contributed by atoms with Crippen LogP contribution in [0.25, 0.3) is 5.69 Å². The molecule has 1 aliphatic carbocycles. The van der Waals surface area contributed by atoms with Gasteiger partial charge in [0.25, 0.3) is 5.91 Å². The SMILES string of the molecule is O=C(c1cnn(-c2cccc(Cl)c2)c1)N(c1ccccc1F)C1CCCC1. The minimum Gasteiger partial charge on any atom is -0.302 e. The first-order valence-electron chi connectivity index (χ1n) is 9.02. The van der Waals surface area contributed by atoms with Gasteiger partial charge in [0.1, 0.15) is 5.82 Å². The van der Waals surface area contributed by atoms with E-state index < -0.39 is 0 Å². The molecule has 0 radical (unpaired) electrons. The Balaban J connectivity index is 1.69. The van der Waals surface area contributed by atoms with Gasteiger partial charge in [-0.25, -0.2) is 9.07 Å². The Kier molecular flexibility index (Phi) is 4.94. The number of benzene rings is 2. The summed E-state index contributed by atoms with van der Waals surface area (Å²) in [6.07, 6.45) is 7.03. The van der Waals surface area contributed by atoms with E-state index in [0.717, 1.165) is 31.4 Å². The van der Waals surface area contributed by atoms with Gasteiger partial charge in [-0.2, -0.15) is 5.10 Å². The number of hydrogen-bond donors (Lipinski definition) is 0. The third-order valence-corrected chi connectivity index (χ3v) is 5.16. The van der Waals surface area contributed by atoms with E-state index in [0.29, 0.717) is 16.3 Å². The highest BCUT2D eigenvalue weighted by molar-refractivity contribution is 6.30. The molecule has 138 valence electrons. The van der Waals surface area contributed by atoms with Crippen LogP contribution in [0.1, 0.15) is 36.0 Å². The molecule has 0 N–H and O–H groups in total. The molecule has 0 bridgehead atoms. The second-order valence-electron chi connectivity index (χ2n) is 6.72. The van der Waals surface area contributed by atoms with Crippen molar-refractivity contribution in [1.29, 1.82) is 0 Å². The Morgan fingerprint density at radius 3 is 2.67 bits per heavy atom. The van der Waals surface area contributed by atoms with Gasteiger partial charge in [0.15, 0.2) is 0 Å². The van der Waals surface area contributed by atoms with Crippen LogP contribution in [0.2, 0.25) is 5.02 Å². The molecule has 3 aromatic rings. The minimum atomic E-state index is -0.389. The normalized spacial score (nSPS) is 14.4. The van der Waals surface area contributed by atoms with Crippen LogP contribution >= 0.6 is 11.6 Å². The van der Waals surface area contributed by atoms with Crippen molar-refractivity contribution in [3.63, 3.8) is 0 Å². The molecule has 27 heavy (non-hydrogen) atoms. The third kappa shape index (κ3) is 3.60. The summed E-state index contributed by atoms with van der Waals surface area (Å²) in [6, 6.07) is 13.7. The van der Waals surface area contributed by atoms with Crippen LogP contribution in [0.4, 0.5) is 10.1 Å². The van der Waals surface area contributed by atoms with Gasteiger partial charge in [-0.05, 0) is 43.2 Å². The largest absolute Gasteiger partial charge is 0.302 e.